The number of hydrogen-bond acceptors (Lipinski definition) is 3. The van der Waals surface area contributed by atoms with Gasteiger partial charge in [-0.15, -0.1) is 13.2 Å². The Morgan fingerprint density at radius 2 is 1.94 bits per heavy atom. The van der Waals surface area contributed by atoms with Crippen LogP contribution in [0.3, 0.4) is 0 Å². The smallest absolute Gasteiger partial charge is 0.494 e. The van der Waals surface area contributed by atoms with E-state index in [9.17, 15) is 22.0 Å². The second kappa shape index (κ2) is 5.03. The van der Waals surface area contributed by atoms with Gasteiger partial charge >= 0.3 is 6.36 Å². The minimum atomic E-state index is -5.10. The summed E-state index contributed by atoms with van der Waals surface area (Å²) in [5.41, 5.74) is -1.12. The second-order valence-electron chi connectivity index (χ2n) is 2.70. The lowest BCUT2D eigenvalue weighted by Gasteiger charge is -2.15. The van der Waals surface area contributed by atoms with E-state index in [1.807, 2.05) is 0 Å². The molecule has 0 aliphatic carbocycles. The Morgan fingerprint density at radius 3 is 2.35 bits per heavy atom. The fraction of sp³-hybridized carbons (Fsp3) is 0.375. The number of halogens is 6. The van der Waals surface area contributed by atoms with Crippen molar-refractivity contribution in [3.8, 4) is 11.5 Å². The summed E-state index contributed by atoms with van der Waals surface area (Å²) in [6.07, 6.45) is -7.43. The molecule has 0 aromatic carbocycles. The molecule has 0 saturated heterocycles. The maximum atomic E-state index is 12.4. The van der Waals surface area contributed by atoms with Crippen molar-refractivity contribution >= 4 is 15.9 Å². The van der Waals surface area contributed by atoms with Crippen LogP contribution in [0.5, 0.6) is 11.5 Å². The van der Waals surface area contributed by atoms with Gasteiger partial charge in [0, 0.05) is 0 Å². The highest BCUT2D eigenvalue weighted by molar-refractivity contribution is 9.10. The van der Waals surface area contributed by atoms with Crippen LogP contribution in [-0.2, 0) is 0 Å². The zero-order chi connectivity index (χ0) is 13.2. The van der Waals surface area contributed by atoms with Gasteiger partial charge in [-0.1, -0.05) is 0 Å². The van der Waals surface area contributed by atoms with Crippen LogP contribution in [0.4, 0.5) is 22.0 Å². The average Bonchev–Trinajstić information content (AvgIpc) is 2.18. The van der Waals surface area contributed by atoms with Crippen LogP contribution in [0.25, 0.3) is 0 Å². The Bertz CT molecular complexity index is 410. The Labute approximate surface area is 101 Å². The first-order chi connectivity index (χ1) is 7.76. The summed E-state index contributed by atoms with van der Waals surface area (Å²) in [4.78, 5) is 3.16. The third kappa shape index (κ3) is 3.42. The zero-order valence-corrected chi connectivity index (χ0v) is 9.77. The molecule has 0 N–H and O–H groups in total. The normalized spacial score (nSPS) is 11.8. The number of alkyl halides is 5. The minimum Gasteiger partial charge on any atom is -0.494 e. The van der Waals surface area contributed by atoms with Gasteiger partial charge in [0.15, 0.2) is 11.5 Å². The van der Waals surface area contributed by atoms with Crippen molar-refractivity contribution < 1.29 is 31.4 Å². The first-order valence-corrected chi connectivity index (χ1v) is 4.82. The molecule has 0 radical (unpaired) electrons. The van der Waals surface area contributed by atoms with Gasteiger partial charge in [0.25, 0.3) is 6.43 Å². The Balaban J connectivity index is 3.30. The molecule has 1 heterocycles. The number of hydrogen-bond donors (Lipinski definition) is 0. The lowest BCUT2D eigenvalue weighted by Crippen LogP contribution is -2.19. The molecule has 0 amide bonds. The Morgan fingerprint density at radius 1 is 1.35 bits per heavy atom. The van der Waals surface area contributed by atoms with Crippen LogP contribution in [0, 0.1) is 0 Å². The molecule has 0 bridgehead atoms. The fourth-order valence-electron chi connectivity index (χ4n) is 0.978. The summed E-state index contributed by atoms with van der Waals surface area (Å²) in [7, 11) is 1.15. The summed E-state index contributed by atoms with van der Waals surface area (Å²) in [6.45, 7) is 0. The molecule has 96 valence electrons. The molecule has 17 heavy (non-hydrogen) atoms. The van der Waals surface area contributed by atoms with Gasteiger partial charge in [-0.2, -0.15) is 0 Å². The topological polar surface area (TPSA) is 31.4 Å². The molecule has 9 heteroatoms. The Kier molecular flexibility index (Phi) is 4.12. The fourth-order valence-corrected chi connectivity index (χ4v) is 1.53. The first kappa shape index (κ1) is 13.9. The van der Waals surface area contributed by atoms with E-state index >= 15 is 0 Å². The maximum absolute atomic E-state index is 12.4. The lowest BCUT2D eigenvalue weighted by molar-refractivity contribution is -0.275. The minimum absolute atomic E-state index is 0.145. The van der Waals surface area contributed by atoms with E-state index in [-0.39, 0.29) is 10.2 Å². The van der Waals surface area contributed by atoms with Gasteiger partial charge in [0.05, 0.1) is 13.3 Å². The van der Waals surface area contributed by atoms with E-state index in [1.165, 1.54) is 0 Å². The van der Waals surface area contributed by atoms with E-state index in [4.69, 9.17) is 0 Å². The van der Waals surface area contributed by atoms with Crippen LogP contribution in [0.1, 0.15) is 12.1 Å². The molecule has 0 spiro atoms. The number of rotatable bonds is 3. The molecule has 0 unspecified atom stereocenters. The molecule has 1 aromatic heterocycles. The third-order valence-electron chi connectivity index (χ3n) is 1.61. The van der Waals surface area contributed by atoms with Gasteiger partial charge in [-0.05, 0) is 15.9 Å². The van der Waals surface area contributed by atoms with E-state index in [1.54, 1.807) is 0 Å². The van der Waals surface area contributed by atoms with Crippen molar-refractivity contribution in [1.82, 2.24) is 4.98 Å². The predicted octanol–water partition coefficient (Wildman–Crippen LogP) is 3.69. The van der Waals surface area contributed by atoms with Gasteiger partial charge in [-0.25, -0.2) is 13.8 Å². The van der Waals surface area contributed by atoms with Crippen LogP contribution in [0.15, 0.2) is 10.7 Å². The largest absolute Gasteiger partial charge is 0.573 e. The lowest BCUT2D eigenvalue weighted by atomic mass is 10.3. The molecule has 0 aliphatic heterocycles. The molecule has 1 aromatic rings. The highest BCUT2D eigenvalue weighted by Crippen LogP contribution is 2.41. The molecule has 1 rings (SSSR count). The van der Waals surface area contributed by atoms with Crippen LogP contribution >= 0.6 is 15.9 Å². The summed E-state index contributed by atoms with van der Waals surface area (Å²) < 4.78 is 68.8. The molecule has 0 fully saturated rings. The molecule has 0 saturated carbocycles. The van der Waals surface area contributed by atoms with Crippen molar-refractivity contribution in [2.45, 2.75) is 12.8 Å². The summed E-state index contributed by atoms with van der Waals surface area (Å²) in [5, 5.41) is 0. The molecule has 3 nitrogen and oxygen atoms in total. The molecular formula is C8H5BrF5NO2. The molecular weight excluding hydrogens is 317 g/mol. The number of methoxy groups -OCH3 is 1. The van der Waals surface area contributed by atoms with Gasteiger partial charge in [0.1, 0.15) is 10.2 Å². The highest BCUT2D eigenvalue weighted by atomic mass is 79.9. The first-order valence-electron chi connectivity index (χ1n) is 4.02. The SMILES string of the molecule is COc1cnc(C(F)F)c(OC(F)(F)F)c1Br. The van der Waals surface area contributed by atoms with Crippen LogP contribution < -0.4 is 9.47 Å². The number of nitrogens with zero attached hydrogens (tertiary/aromatic N) is 1. The van der Waals surface area contributed by atoms with Gasteiger partial charge in [0.2, 0.25) is 0 Å². The summed E-state index contributed by atoms with van der Waals surface area (Å²) >= 11 is 2.69. The standard InChI is InChI=1S/C8H5BrF5NO2/c1-16-3-2-15-5(7(10)11)6(4(3)9)17-8(12,13)14/h2,7H,1H3. The third-order valence-corrected chi connectivity index (χ3v) is 2.36. The van der Waals surface area contributed by atoms with Gasteiger partial charge < -0.3 is 9.47 Å². The maximum Gasteiger partial charge on any atom is 0.573 e. The van der Waals surface area contributed by atoms with Crippen molar-refractivity contribution in [3.63, 3.8) is 0 Å². The predicted molar refractivity (Wildman–Crippen MR) is 50.1 cm³/mol. The van der Waals surface area contributed by atoms with E-state index in [2.05, 4.69) is 30.4 Å². The van der Waals surface area contributed by atoms with E-state index < -0.39 is 24.2 Å². The molecule has 0 atom stereocenters. The Hall–Kier alpha value is -1.12. The van der Waals surface area contributed by atoms with Gasteiger partial charge in [-0.3, -0.25) is 0 Å². The van der Waals surface area contributed by atoms with Crippen molar-refractivity contribution in [2.24, 2.45) is 0 Å². The monoisotopic (exact) mass is 321 g/mol. The summed E-state index contributed by atoms with van der Waals surface area (Å²) in [6, 6.07) is 0. The number of pyridine rings is 1. The van der Waals surface area contributed by atoms with Crippen molar-refractivity contribution in [2.75, 3.05) is 7.11 Å². The number of aromatic nitrogens is 1. The van der Waals surface area contributed by atoms with Crippen LogP contribution in [-0.4, -0.2) is 18.5 Å². The average molecular weight is 322 g/mol. The number of ether oxygens (including phenoxy) is 2. The van der Waals surface area contributed by atoms with Crippen molar-refractivity contribution in [1.29, 1.82) is 0 Å². The van der Waals surface area contributed by atoms with Crippen LogP contribution in [0.2, 0.25) is 0 Å². The van der Waals surface area contributed by atoms with E-state index in [0.29, 0.717) is 0 Å². The molecule has 0 aliphatic rings. The van der Waals surface area contributed by atoms with E-state index in [0.717, 1.165) is 13.3 Å². The second-order valence-corrected chi connectivity index (χ2v) is 3.50. The quantitative estimate of drug-likeness (QED) is 0.796. The van der Waals surface area contributed by atoms with Crippen molar-refractivity contribution in [3.05, 3.63) is 16.4 Å². The summed E-state index contributed by atoms with van der Waals surface area (Å²) in [5.74, 6) is -1.25. The zero-order valence-electron chi connectivity index (χ0n) is 8.19. The highest BCUT2D eigenvalue weighted by Gasteiger charge is 2.35.